The van der Waals surface area contributed by atoms with Crippen molar-refractivity contribution in [1.29, 1.82) is 0 Å². The number of anilines is 1. The molecule has 1 saturated heterocycles. The number of para-hydroxylation sites is 1. The van der Waals surface area contributed by atoms with E-state index in [4.69, 9.17) is 0 Å². The number of fused-ring (bicyclic) bond motifs is 1. The molecule has 0 N–H and O–H groups in total. The molecule has 0 saturated carbocycles. The third-order valence-corrected chi connectivity index (χ3v) is 6.58. The van der Waals surface area contributed by atoms with Crippen molar-refractivity contribution in [2.24, 2.45) is 0 Å². The number of Topliss-reactive ketones (excluding diaryl/α,β-unsaturated/α-hetero) is 1. The Bertz CT molecular complexity index is 1100. The fourth-order valence-corrected chi connectivity index (χ4v) is 5.34. The van der Waals surface area contributed by atoms with Gasteiger partial charge in [0.1, 0.15) is 6.04 Å². The quantitative estimate of drug-likeness (QED) is 0.796. The van der Waals surface area contributed by atoms with Crippen LogP contribution >= 0.6 is 0 Å². The van der Waals surface area contributed by atoms with Crippen LogP contribution in [0.2, 0.25) is 0 Å². The number of likely N-dealkylation sites (tertiary alicyclic amines) is 1. The van der Waals surface area contributed by atoms with E-state index in [2.05, 4.69) is 0 Å². The number of aryl methyl sites for hydroxylation is 1. The van der Waals surface area contributed by atoms with Crippen LogP contribution in [0.15, 0.2) is 60.3 Å². The number of carbonyl (C=O) groups excluding carboxylic acids is 3. The molecule has 5 heteroatoms. The molecule has 1 aliphatic carbocycles. The molecule has 2 aliphatic heterocycles. The normalized spacial score (nSPS) is 24.9. The van der Waals surface area contributed by atoms with Crippen LogP contribution in [0.1, 0.15) is 36.5 Å². The Kier molecular flexibility index (Phi) is 3.78. The van der Waals surface area contributed by atoms with Crippen LogP contribution in [0, 0.1) is 6.92 Å². The first-order valence-electron chi connectivity index (χ1n) is 9.92. The van der Waals surface area contributed by atoms with Crippen LogP contribution in [-0.2, 0) is 26.3 Å². The second-order valence-corrected chi connectivity index (χ2v) is 8.12. The third-order valence-electron chi connectivity index (χ3n) is 6.58. The number of allylic oxidation sites excluding steroid dienone is 1. The average molecular weight is 386 g/mol. The summed E-state index contributed by atoms with van der Waals surface area (Å²) in [4.78, 5) is 42.3. The van der Waals surface area contributed by atoms with Crippen LogP contribution in [0.5, 0.6) is 0 Å². The Morgan fingerprint density at radius 1 is 1.10 bits per heavy atom. The Balaban J connectivity index is 1.68. The fourth-order valence-electron chi connectivity index (χ4n) is 5.34. The highest BCUT2D eigenvalue weighted by molar-refractivity contribution is 6.08. The third kappa shape index (κ3) is 2.30. The average Bonchev–Trinajstić information content (AvgIpc) is 3.15. The van der Waals surface area contributed by atoms with E-state index in [9.17, 15) is 14.4 Å². The minimum atomic E-state index is -0.780. The van der Waals surface area contributed by atoms with Gasteiger partial charge in [-0.05, 0) is 29.7 Å². The summed E-state index contributed by atoms with van der Waals surface area (Å²) in [6.45, 7) is 4.00. The zero-order chi connectivity index (χ0) is 20.3. The van der Waals surface area contributed by atoms with E-state index in [1.54, 1.807) is 4.90 Å². The zero-order valence-electron chi connectivity index (χ0n) is 16.5. The summed E-state index contributed by atoms with van der Waals surface area (Å²) in [5, 5.41) is 0. The topological polar surface area (TPSA) is 57.7 Å². The molecular weight excluding hydrogens is 364 g/mol. The smallest absolute Gasteiger partial charge is 0.228 e. The molecule has 3 aliphatic rings. The highest BCUT2D eigenvalue weighted by atomic mass is 16.2. The van der Waals surface area contributed by atoms with E-state index >= 15 is 0 Å². The largest absolute Gasteiger partial charge is 0.311 e. The van der Waals surface area contributed by atoms with E-state index in [0.29, 0.717) is 6.54 Å². The maximum absolute atomic E-state index is 13.3. The first-order valence-corrected chi connectivity index (χ1v) is 9.92. The van der Waals surface area contributed by atoms with Gasteiger partial charge in [-0.2, -0.15) is 0 Å². The molecule has 0 aromatic heterocycles. The lowest BCUT2D eigenvalue weighted by Gasteiger charge is -2.38. The number of carbonyl (C=O) groups is 3. The second-order valence-electron chi connectivity index (χ2n) is 8.12. The molecule has 5 rings (SSSR count). The number of benzene rings is 2. The van der Waals surface area contributed by atoms with Crippen molar-refractivity contribution in [3.8, 4) is 0 Å². The first-order chi connectivity index (χ1) is 13.9. The highest BCUT2D eigenvalue weighted by Crippen LogP contribution is 2.58. The van der Waals surface area contributed by atoms with Crippen molar-refractivity contribution in [2.75, 3.05) is 4.90 Å². The van der Waals surface area contributed by atoms with Crippen LogP contribution in [-0.4, -0.2) is 28.5 Å². The molecule has 0 radical (unpaired) electrons. The number of ketones is 1. The zero-order valence-corrected chi connectivity index (χ0v) is 16.5. The lowest BCUT2D eigenvalue weighted by Crippen LogP contribution is -2.53. The van der Waals surface area contributed by atoms with Crippen molar-refractivity contribution in [2.45, 2.75) is 44.7 Å². The first kappa shape index (κ1) is 17.9. The molecule has 0 unspecified atom stereocenters. The van der Waals surface area contributed by atoms with E-state index in [0.717, 1.165) is 28.1 Å². The molecule has 2 atom stereocenters. The summed E-state index contributed by atoms with van der Waals surface area (Å²) >= 11 is 0. The van der Waals surface area contributed by atoms with Gasteiger partial charge >= 0.3 is 0 Å². The van der Waals surface area contributed by atoms with Crippen LogP contribution in [0.4, 0.5) is 5.69 Å². The summed E-state index contributed by atoms with van der Waals surface area (Å²) < 4.78 is 0. The number of hydrogen-bond acceptors (Lipinski definition) is 3. The molecule has 2 heterocycles. The van der Waals surface area contributed by atoms with Gasteiger partial charge in [0.25, 0.3) is 0 Å². The predicted octanol–water partition coefficient (Wildman–Crippen LogP) is 3.26. The van der Waals surface area contributed by atoms with Gasteiger partial charge in [0.15, 0.2) is 5.78 Å². The van der Waals surface area contributed by atoms with Gasteiger partial charge in [-0.1, -0.05) is 48.5 Å². The number of nitrogens with zero attached hydrogens (tertiary/aromatic N) is 2. The van der Waals surface area contributed by atoms with Crippen molar-refractivity contribution < 1.29 is 14.4 Å². The van der Waals surface area contributed by atoms with Gasteiger partial charge in [-0.25, -0.2) is 0 Å². The summed E-state index contributed by atoms with van der Waals surface area (Å²) in [7, 11) is 0. The lowest BCUT2D eigenvalue weighted by molar-refractivity contribution is -0.127. The van der Waals surface area contributed by atoms with Gasteiger partial charge in [-0.3, -0.25) is 14.4 Å². The molecule has 2 aromatic rings. The Morgan fingerprint density at radius 2 is 1.83 bits per heavy atom. The van der Waals surface area contributed by atoms with Gasteiger partial charge in [-0.15, -0.1) is 0 Å². The van der Waals surface area contributed by atoms with Crippen LogP contribution in [0.25, 0.3) is 0 Å². The van der Waals surface area contributed by atoms with E-state index in [-0.39, 0.29) is 30.4 Å². The standard InChI is InChI=1S/C24H22N2O3/c1-15-7-3-4-8-17(15)14-25-21-12-11-20(28)23-24(21,13-22(25)29)18-9-5-6-10-19(18)26(23)16(2)27/h3-10,12,23H,11,13-14H2,1-2H3/t23-,24+/m0/s1. The maximum atomic E-state index is 13.3. The van der Waals surface area contributed by atoms with Crippen molar-refractivity contribution >= 4 is 23.3 Å². The van der Waals surface area contributed by atoms with Crippen molar-refractivity contribution in [3.63, 3.8) is 0 Å². The molecular formula is C24H22N2O3. The summed E-state index contributed by atoms with van der Waals surface area (Å²) in [6.07, 6.45) is 2.35. The van der Waals surface area contributed by atoms with Gasteiger partial charge in [0.2, 0.25) is 11.8 Å². The summed E-state index contributed by atoms with van der Waals surface area (Å²) in [5.41, 5.74) is 3.95. The van der Waals surface area contributed by atoms with E-state index < -0.39 is 11.5 Å². The molecule has 5 nitrogen and oxygen atoms in total. The lowest BCUT2D eigenvalue weighted by atomic mass is 9.68. The predicted molar refractivity (Wildman–Crippen MR) is 109 cm³/mol. The molecule has 2 amide bonds. The number of rotatable bonds is 2. The van der Waals surface area contributed by atoms with Crippen LogP contribution < -0.4 is 4.90 Å². The molecule has 1 spiro atoms. The monoisotopic (exact) mass is 386 g/mol. The number of hydrogen-bond donors (Lipinski definition) is 0. The minimum Gasteiger partial charge on any atom is -0.311 e. The minimum absolute atomic E-state index is 0.000548. The van der Waals surface area contributed by atoms with Crippen LogP contribution in [0.3, 0.4) is 0 Å². The molecule has 2 aromatic carbocycles. The summed E-state index contributed by atoms with van der Waals surface area (Å²) in [6, 6.07) is 15.0. The molecule has 0 bridgehead atoms. The number of amides is 2. The Labute approximate surface area is 169 Å². The van der Waals surface area contributed by atoms with Crippen molar-refractivity contribution in [3.05, 3.63) is 77.0 Å². The van der Waals surface area contributed by atoms with Crippen molar-refractivity contribution in [1.82, 2.24) is 4.90 Å². The Hall–Kier alpha value is -3.21. The van der Waals surface area contributed by atoms with Gasteiger partial charge in [0, 0.05) is 31.1 Å². The van der Waals surface area contributed by atoms with E-state index in [1.807, 2.05) is 66.4 Å². The molecule has 1 fully saturated rings. The Morgan fingerprint density at radius 3 is 2.59 bits per heavy atom. The molecule has 146 valence electrons. The SMILES string of the molecule is CC(=O)N1c2ccccc2[C@]23CC(=O)N(Cc4ccccc4C)C2=CCC(=O)[C@H]13. The van der Waals surface area contributed by atoms with E-state index in [1.165, 1.54) is 6.92 Å². The second kappa shape index (κ2) is 6.14. The molecule has 29 heavy (non-hydrogen) atoms. The fraction of sp³-hybridized carbons (Fsp3) is 0.292. The van der Waals surface area contributed by atoms with Gasteiger partial charge < -0.3 is 9.80 Å². The summed E-state index contributed by atoms with van der Waals surface area (Å²) in [5.74, 6) is -0.177. The maximum Gasteiger partial charge on any atom is 0.228 e. The highest BCUT2D eigenvalue weighted by Gasteiger charge is 2.64. The van der Waals surface area contributed by atoms with Gasteiger partial charge in [0.05, 0.1) is 12.0 Å².